The van der Waals surface area contributed by atoms with E-state index in [-0.39, 0.29) is 21.1 Å². The van der Waals surface area contributed by atoms with E-state index < -0.39 is 0 Å². The number of ether oxygens (including phenoxy) is 1. The van der Waals surface area contributed by atoms with Gasteiger partial charge in [0.25, 0.3) is 0 Å². The van der Waals surface area contributed by atoms with Crippen molar-refractivity contribution in [3.05, 3.63) is 132 Å². The number of pyridine rings is 1. The summed E-state index contributed by atoms with van der Waals surface area (Å²) in [5.41, 5.74) is 9.02. The molecule has 0 saturated carbocycles. The van der Waals surface area contributed by atoms with Crippen LogP contribution in [0.15, 0.2) is 104 Å². The summed E-state index contributed by atoms with van der Waals surface area (Å²) >= 11 is 0. The Bertz CT molecular complexity index is 2140. The van der Waals surface area contributed by atoms with E-state index in [1.54, 1.807) is 0 Å². The third kappa shape index (κ3) is 6.17. The van der Waals surface area contributed by atoms with Gasteiger partial charge in [-0.2, -0.15) is 17.2 Å². The van der Waals surface area contributed by atoms with Gasteiger partial charge in [0, 0.05) is 35.0 Å². The molecule has 46 heavy (non-hydrogen) atoms. The van der Waals surface area contributed by atoms with Crippen LogP contribution in [-0.4, -0.2) is 19.3 Å². The minimum Gasteiger partial charge on any atom is -0.509 e. The predicted octanol–water partition coefficient (Wildman–Crippen LogP) is 9.88. The molecule has 0 aliphatic heterocycles. The van der Waals surface area contributed by atoms with Crippen molar-refractivity contribution in [1.82, 2.24) is 19.3 Å². The Morgan fingerprint density at radius 3 is 2.54 bits per heavy atom. The van der Waals surface area contributed by atoms with Crippen molar-refractivity contribution in [3.8, 4) is 34.1 Å². The molecule has 6 heteroatoms. The standard InChI is InChI=1S/C40H36N4O.Pt/c1-5-30-11-8-10-28(4)40(30)31-25-42-43(26-31)32-12-9-13-33(23-32)45-34-18-19-36-35-14-6-7-15-37(35)44(38(36)24-34)39-22-29(20-21-41-39)17-16-27(2)3;/h6-15,18-22,25-27H,5,16-17H2,1-4H3;/q-2;+2. The average molecular weight is 784 g/mol. The molecule has 0 aliphatic carbocycles. The molecule has 3 heterocycles. The van der Waals surface area contributed by atoms with Crippen LogP contribution >= 0.6 is 0 Å². The van der Waals surface area contributed by atoms with E-state index in [1.165, 1.54) is 22.3 Å². The van der Waals surface area contributed by atoms with Gasteiger partial charge in [-0.05, 0) is 83.6 Å². The molecule has 0 radical (unpaired) electrons. The molecule has 7 aromatic rings. The molecule has 232 valence electrons. The Hall–Kier alpha value is -4.47. The smallest absolute Gasteiger partial charge is 0.509 e. The van der Waals surface area contributed by atoms with Gasteiger partial charge in [-0.15, -0.1) is 35.7 Å². The van der Waals surface area contributed by atoms with Crippen molar-refractivity contribution in [2.45, 2.75) is 47.0 Å². The van der Waals surface area contributed by atoms with Crippen molar-refractivity contribution in [2.75, 3.05) is 0 Å². The Morgan fingerprint density at radius 2 is 1.70 bits per heavy atom. The SMILES string of the molecule is CCc1cccc(C)c1-c1cnn(-c2[c-]c(Oc3[c-]c4c(cc3)c3ccccc3n4-c3cc(CCC(C)C)ccn3)ccc2)c1.[Pt+2]. The molecule has 0 amide bonds. The summed E-state index contributed by atoms with van der Waals surface area (Å²) in [4.78, 5) is 4.79. The molecular formula is C40H36N4OPt. The van der Waals surface area contributed by atoms with Crippen LogP contribution in [0.5, 0.6) is 11.5 Å². The fourth-order valence-corrected chi connectivity index (χ4v) is 6.13. The molecule has 0 fully saturated rings. The van der Waals surface area contributed by atoms with Gasteiger partial charge in [-0.25, -0.2) is 4.98 Å². The molecule has 0 N–H and O–H groups in total. The Morgan fingerprint density at radius 1 is 0.870 bits per heavy atom. The van der Waals surface area contributed by atoms with Crippen molar-refractivity contribution in [1.29, 1.82) is 0 Å². The van der Waals surface area contributed by atoms with Gasteiger partial charge in [0.1, 0.15) is 5.82 Å². The quantitative estimate of drug-likeness (QED) is 0.137. The first-order chi connectivity index (χ1) is 22.0. The number of aryl methyl sites for hydroxylation is 3. The van der Waals surface area contributed by atoms with Crippen LogP contribution in [0.3, 0.4) is 0 Å². The van der Waals surface area contributed by atoms with Crippen LogP contribution in [0.2, 0.25) is 0 Å². The summed E-state index contributed by atoms with van der Waals surface area (Å²) in [5, 5.41) is 6.95. The second kappa shape index (κ2) is 13.5. The first kappa shape index (κ1) is 31.5. The van der Waals surface area contributed by atoms with Gasteiger partial charge >= 0.3 is 21.1 Å². The average Bonchev–Trinajstić information content (AvgIpc) is 3.67. The number of fused-ring (bicyclic) bond motifs is 3. The molecule has 0 atom stereocenters. The van der Waals surface area contributed by atoms with Gasteiger partial charge in [-0.1, -0.05) is 62.7 Å². The van der Waals surface area contributed by atoms with E-state index >= 15 is 0 Å². The third-order valence-corrected chi connectivity index (χ3v) is 8.44. The number of hydrogen-bond acceptors (Lipinski definition) is 3. The van der Waals surface area contributed by atoms with Crippen molar-refractivity contribution >= 4 is 21.8 Å². The number of hydrogen-bond donors (Lipinski definition) is 0. The van der Waals surface area contributed by atoms with E-state index in [9.17, 15) is 0 Å². The molecule has 5 nitrogen and oxygen atoms in total. The maximum atomic E-state index is 6.39. The summed E-state index contributed by atoms with van der Waals surface area (Å²) < 4.78 is 10.4. The van der Waals surface area contributed by atoms with E-state index in [2.05, 4.69) is 116 Å². The van der Waals surface area contributed by atoms with E-state index in [0.29, 0.717) is 17.4 Å². The van der Waals surface area contributed by atoms with E-state index in [4.69, 9.17) is 9.72 Å². The fourth-order valence-electron chi connectivity index (χ4n) is 6.13. The number of para-hydroxylation sites is 1. The summed E-state index contributed by atoms with van der Waals surface area (Å²) in [6.45, 7) is 8.86. The van der Waals surface area contributed by atoms with Gasteiger partial charge in [0.05, 0.1) is 6.20 Å². The van der Waals surface area contributed by atoms with Crippen LogP contribution in [0.4, 0.5) is 0 Å². The monoisotopic (exact) mass is 783 g/mol. The fraction of sp³-hybridized carbons (Fsp3) is 0.200. The van der Waals surface area contributed by atoms with Crippen LogP contribution in [-0.2, 0) is 33.9 Å². The Labute approximate surface area is 285 Å². The zero-order chi connectivity index (χ0) is 30.9. The zero-order valence-electron chi connectivity index (χ0n) is 26.5. The van der Waals surface area contributed by atoms with Crippen LogP contribution in [0, 0.1) is 25.0 Å². The van der Waals surface area contributed by atoms with Crippen LogP contribution < -0.4 is 4.74 Å². The van der Waals surface area contributed by atoms with Gasteiger partial charge in [-0.3, -0.25) is 4.68 Å². The molecule has 0 bridgehead atoms. The van der Waals surface area contributed by atoms with Gasteiger partial charge in [0.15, 0.2) is 0 Å². The second-order valence-corrected chi connectivity index (χ2v) is 12.0. The minimum atomic E-state index is 0. The number of aromatic nitrogens is 4. The summed E-state index contributed by atoms with van der Waals surface area (Å²) in [7, 11) is 0. The molecular weight excluding hydrogens is 748 g/mol. The largest absolute Gasteiger partial charge is 2.00 e. The Balaban J connectivity index is 0.00000372. The molecule has 0 unspecified atom stereocenters. The first-order valence-electron chi connectivity index (χ1n) is 15.7. The van der Waals surface area contributed by atoms with Crippen molar-refractivity contribution in [2.24, 2.45) is 5.92 Å². The van der Waals surface area contributed by atoms with Crippen molar-refractivity contribution < 1.29 is 25.8 Å². The summed E-state index contributed by atoms with van der Waals surface area (Å²) in [6.07, 6.45) is 9.04. The molecule has 7 rings (SSSR count). The predicted molar refractivity (Wildman–Crippen MR) is 183 cm³/mol. The maximum absolute atomic E-state index is 6.39. The molecule has 0 saturated heterocycles. The van der Waals surface area contributed by atoms with Gasteiger partial charge in [0.2, 0.25) is 0 Å². The second-order valence-electron chi connectivity index (χ2n) is 12.0. The molecule has 3 aromatic heterocycles. The molecule has 0 spiro atoms. The summed E-state index contributed by atoms with van der Waals surface area (Å²) in [6, 6.07) is 36.1. The van der Waals surface area contributed by atoms with Crippen LogP contribution in [0.1, 0.15) is 43.9 Å². The maximum Gasteiger partial charge on any atom is 2.00 e. The summed E-state index contributed by atoms with van der Waals surface area (Å²) in [5.74, 6) is 2.75. The van der Waals surface area contributed by atoms with E-state index in [0.717, 1.165) is 58.1 Å². The van der Waals surface area contributed by atoms with Gasteiger partial charge < -0.3 is 9.30 Å². The minimum absolute atomic E-state index is 0. The van der Waals surface area contributed by atoms with Crippen molar-refractivity contribution in [3.63, 3.8) is 0 Å². The van der Waals surface area contributed by atoms with Crippen LogP contribution in [0.25, 0.3) is 44.4 Å². The number of benzene rings is 4. The topological polar surface area (TPSA) is 44.9 Å². The zero-order valence-corrected chi connectivity index (χ0v) is 28.8. The first-order valence-corrected chi connectivity index (χ1v) is 15.7. The van der Waals surface area contributed by atoms with E-state index in [1.807, 2.05) is 41.3 Å². The third-order valence-electron chi connectivity index (χ3n) is 8.44. The molecule has 4 aromatic carbocycles. The number of rotatable bonds is 9. The molecule has 0 aliphatic rings. The number of nitrogens with zero attached hydrogens (tertiary/aromatic N) is 4. The Kier molecular flexibility index (Phi) is 9.24. The normalized spacial score (nSPS) is 11.3.